The van der Waals surface area contributed by atoms with Crippen molar-refractivity contribution in [1.29, 1.82) is 0 Å². The van der Waals surface area contributed by atoms with Crippen LogP contribution in [0.4, 0.5) is 0 Å². The second-order valence-electron chi connectivity index (χ2n) is 6.99. The maximum absolute atomic E-state index is 12.0. The monoisotopic (exact) mass is 298 g/mol. The molecule has 1 fully saturated rings. The van der Waals surface area contributed by atoms with Crippen LogP contribution in [-0.4, -0.2) is 49.2 Å². The molecule has 0 saturated heterocycles. The van der Waals surface area contributed by atoms with Gasteiger partial charge in [0.05, 0.1) is 7.11 Å². The molecule has 0 bridgehead atoms. The van der Waals surface area contributed by atoms with Crippen LogP contribution in [0.3, 0.4) is 0 Å². The molecule has 0 aromatic heterocycles. The standard InChI is InChI=1S/C17H34N2O2/c1-6-19(13-14(2)3)12-8-7-11-17(4,16(20)21-5)18-15-9-10-15/h14-15,18H,6-13H2,1-5H3. The molecule has 1 aliphatic rings. The summed E-state index contributed by atoms with van der Waals surface area (Å²) in [4.78, 5) is 14.5. The molecule has 1 atom stereocenters. The molecule has 0 spiro atoms. The Kier molecular flexibility index (Phi) is 7.67. The highest BCUT2D eigenvalue weighted by Crippen LogP contribution is 2.26. The van der Waals surface area contributed by atoms with Crippen molar-refractivity contribution in [2.75, 3.05) is 26.7 Å². The first kappa shape index (κ1) is 18.4. The second kappa shape index (κ2) is 8.74. The van der Waals surface area contributed by atoms with Gasteiger partial charge in [0.2, 0.25) is 0 Å². The summed E-state index contributed by atoms with van der Waals surface area (Å²) >= 11 is 0. The van der Waals surface area contributed by atoms with E-state index in [1.54, 1.807) is 0 Å². The van der Waals surface area contributed by atoms with Gasteiger partial charge in [-0.3, -0.25) is 10.1 Å². The van der Waals surface area contributed by atoms with Crippen LogP contribution in [0.25, 0.3) is 0 Å². The van der Waals surface area contributed by atoms with E-state index in [0.29, 0.717) is 12.0 Å². The molecular weight excluding hydrogens is 264 g/mol. The predicted molar refractivity (Wildman–Crippen MR) is 87.4 cm³/mol. The molecule has 1 saturated carbocycles. The zero-order chi connectivity index (χ0) is 15.9. The number of hydrogen-bond acceptors (Lipinski definition) is 4. The van der Waals surface area contributed by atoms with E-state index in [9.17, 15) is 4.79 Å². The number of methoxy groups -OCH3 is 1. The quantitative estimate of drug-likeness (QED) is 0.470. The predicted octanol–water partition coefficient (Wildman–Crippen LogP) is 2.82. The molecule has 21 heavy (non-hydrogen) atoms. The zero-order valence-corrected chi connectivity index (χ0v) is 14.6. The van der Waals surface area contributed by atoms with Crippen molar-refractivity contribution in [3.8, 4) is 0 Å². The van der Waals surface area contributed by atoms with Gasteiger partial charge in [0.15, 0.2) is 0 Å². The van der Waals surface area contributed by atoms with Gasteiger partial charge in [-0.15, -0.1) is 0 Å². The topological polar surface area (TPSA) is 41.6 Å². The molecule has 1 rings (SSSR count). The summed E-state index contributed by atoms with van der Waals surface area (Å²) < 4.78 is 4.98. The van der Waals surface area contributed by atoms with Crippen molar-refractivity contribution in [1.82, 2.24) is 10.2 Å². The smallest absolute Gasteiger partial charge is 0.325 e. The van der Waals surface area contributed by atoms with Gasteiger partial charge in [0.25, 0.3) is 0 Å². The minimum atomic E-state index is -0.509. The normalized spacial score (nSPS) is 18.0. The minimum Gasteiger partial charge on any atom is -0.468 e. The summed E-state index contributed by atoms with van der Waals surface area (Å²) in [5.74, 6) is 0.589. The van der Waals surface area contributed by atoms with E-state index >= 15 is 0 Å². The van der Waals surface area contributed by atoms with Crippen LogP contribution in [0.1, 0.15) is 59.8 Å². The fourth-order valence-corrected chi connectivity index (χ4v) is 2.85. The molecular formula is C17H34N2O2. The van der Waals surface area contributed by atoms with E-state index in [2.05, 4.69) is 31.0 Å². The highest BCUT2D eigenvalue weighted by Gasteiger charge is 2.38. The van der Waals surface area contributed by atoms with E-state index in [-0.39, 0.29) is 5.97 Å². The highest BCUT2D eigenvalue weighted by molar-refractivity contribution is 5.80. The Morgan fingerprint density at radius 2 is 2.05 bits per heavy atom. The Bertz CT molecular complexity index is 316. The summed E-state index contributed by atoms with van der Waals surface area (Å²) in [5.41, 5.74) is -0.509. The number of esters is 1. The first-order chi connectivity index (χ1) is 9.91. The van der Waals surface area contributed by atoms with Crippen LogP contribution in [0, 0.1) is 5.92 Å². The first-order valence-electron chi connectivity index (χ1n) is 8.49. The van der Waals surface area contributed by atoms with Crippen molar-refractivity contribution >= 4 is 5.97 Å². The molecule has 0 aromatic rings. The fraction of sp³-hybridized carbons (Fsp3) is 0.941. The van der Waals surface area contributed by atoms with Crippen molar-refractivity contribution in [2.45, 2.75) is 71.4 Å². The number of carbonyl (C=O) groups is 1. The van der Waals surface area contributed by atoms with Crippen molar-refractivity contribution < 1.29 is 9.53 Å². The summed E-state index contributed by atoms with van der Waals surface area (Å²) in [6, 6.07) is 0.516. The van der Waals surface area contributed by atoms with Crippen LogP contribution in [0.5, 0.6) is 0 Å². The van der Waals surface area contributed by atoms with Crippen LogP contribution >= 0.6 is 0 Å². The van der Waals surface area contributed by atoms with Crippen LogP contribution in [0.15, 0.2) is 0 Å². The second-order valence-corrected chi connectivity index (χ2v) is 6.99. The van der Waals surface area contributed by atoms with Gasteiger partial charge < -0.3 is 9.64 Å². The van der Waals surface area contributed by atoms with Gasteiger partial charge >= 0.3 is 5.97 Å². The third-order valence-electron chi connectivity index (χ3n) is 4.21. The van der Waals surface area contributed by atoms with Crippen LogP contribution in [-0.2, 0) is 9.53 Å². The summed E-state index contributed by atoms with van der Waals surface area (Å²) in [7, 11) is 1.48. The molecule has 0 aromatic carbocycles. The molecule has 0 radical (unpaired) electrons. The average Bonchev–Trinajstić information content (AvgIpc) is 3.24. The fourth-order valence-electron chi connectivity index (χ4n) is 2.85. The first-order valence-corrected chi connectivity index (χ1v) is 8.49. The average molecular weight is 298 g/mol. The number of nitrogens with zero attached hydrogens (tertiary/aromatic N) is 1. The van der Waals surface area contributed by atoms with Crippen LogP contribution in [0.2, 0.25) is 0 Å². The van der Waals surface area contributed by atoms with E-state index in [0.717, 1.165) is 38.9 Å². The number of nitrogens with one attached hydrogen (secondary N) is 1. The van der Waals surface area contributed by atoms with E-state index in [1.165, 1.54) is 20.0 Å². The van der Waals surface area contributed by atoms with E-state index in [1.807, 2.05) is 6.92 Å². The third-order valence-corrected chi connectivity index (χ3v) is 4.21. The number of hydrogen-bond donors (Lipinski definition) is 1. The highest BCUT2D eigenvalue weighted by atomic mass is 16.5. The number of rotatable bonds is 11. The van der Waals surface area contributed by atoms with Gasteiger partial charge in [0, 0.05) is 12.6 Å². The summed E-state index contributed by atoms with van der Waals surface area (Å²) in [6.07, 6.45) is 5.42. The molecule has 124 valence electrons. The summed E-state index contributed by atoms with van der Waals surface area (Å²) in [6.45, 7) is 12.1. The Morgan fingerprint density at radius 1 is 1.38 bits per heavy atom. The van der Waals surface area contributed by atoms with Crippen molar-refractivity contribution in [3.63, 3.8) is 0 Å². The summed E-state index contributed by atoms with van der Waals surface area (Å²) in [5, 5.41) is 3.46. The molecule has 0 heterocycles. The molecule has 1 unspecified atom stereocenters. The lowest BCUT2D eigenvalue weighted by Crippen LogP contribution is -2.51. The lowest BCUT2D eigenvalue weighted by Gasteiger charge is -2.29. The van der Waals surface area contributed by atoms with E-state index in [4.69, 9.17) is 4.74 Å². The number of unbranched alkanes of at least 4 members (excludes halogenated alkanes) is 1. The Morgan fingerprint density at radius 3 is 2.52 bits per heavy atom. The van der Waals surface area contributed by atoms with Gasteiger partial charge in [-0.2, -0.15) is 0 Å². The van der Waals surface area contributed by atoms with Crippen molar-refractivity contribution in [2.24, 2.45) is 5.92 Å². The minimum absolute atomic E-state index is 0.121. The van der Waals surface area contributed by atoms with E-state index < -0.39 is 5.54 Å². The molecule has 4 heteroatoms. The Labute approximate surface area is 130 Å². The van der Waals surface area contributed by atoms with Crippen LogP contribution < -0.4 is 5.32 Å². The van der Waals surface area contributed by atoms with Gasteiger partial charge in [0.1, 0.15) is 5.54 Å². The maximum atomic E-state index is 12.0. The molecule has 4 nitrogen and oxygen atoms in total. The SMILES string of the molecule is CCN(CCCCC(C)(NC1CC1)C(=O)OC)CC(C)C. The molecule has 1 N–H and O–H groups in total. The Balaban J connectivity index is 2.33. The largest absolute Gasteiger partial charge is 0.468 e. The lowest BCUT2D eigenvalue weighted by molar-refractivity contribution is -0.148. The molecule has 0 aliphatic heterocycles. The van der Waals surface area contributed by atoms with Gasteiger partial charge in [-0.1, -0.05) is 20.8 Å². The van der Waals surface area contributed by atoms with Gasteiger partial charge in [-0.05, 0) is 58.0 Å². The molecule has 1 aliphatic carbocycles. The zero-order valence-electron chi connectivity index (χ0n) is 14.6. The Hall–Kier alpha value is -0.610. The number of ether oxygens (including phenoxy) is 1. The molecule has 0 amide bonds. The number of carbonyl (C=O) groups excluding carboxylic acids is 1. The third kappa shape index (κ3) is 6.79. The van der Waals surface area contributed by atoms with Gasteiger partial charge in [-0.25, -0.2) is 0 Å². The maximum Gasteiger partial charge on any atom is 0.325 e. The van der Waals surface area contributed by atoms with Crippen molar-refractivity contribution in [3.05, 3.63) is 0 Å². The lowest BCUT2D eigenvalue weighted by atomic mass is 9.94.